The second-order valence-electron chi connectivity index (χ2n) is 4.58. The summed E-state index contributed by atoms with van der Waals surface area (Å²) < 4.78 is 39.4. The Hall–Kier alpha value is -1.73. The molecule has 0 aliphatic rings. The normalized spacial score (nSPS) is 11.4. The lowest BCUT2D eigenvalue weighted by molar-refractivity contribution is -0.142. The first-order chi connectivity index (χ1) is 8.62. The Labute approximate surface area is 110 Å². The van der Waals surface area contributed by atoms with Gasteiger partial charge in [0.15, 0.2) is 11.7 Å². The lowest BCUT2D eigenvalue weighted by Gasteiger charge is -2.22. The summed E-state index contributed by atoms with van der Waals surface area (Å²) in [6.07, 6.45) is -3.11. The standard InChI is InChI=1S/C11H18F3N5/c1-17(2)10(18(3)4)15-6-8-7-19(5)16-9(8)11(12,13)14/h7H,6H2,1-5H3. The Kier molecular flexibility index (Phi) is 4.43. The summed E-state index contributed by atoms with van der Waals surface area (Å²) in [6.45, 7) is -0.0611. The number of aromatic nitrogens is 2. The average molecular weight is 277 g/mol. The van der Waals surface area contributed by atoms with Crippen molar-refractivity contribution in [2.24, 2.45) is 12.0 Å². The van der Waals surface area contributed by atoms with Crippen molar-refractivity contribution < 1.29 is 13.2 Å². The zero-order chi connectivity index (χ0) is 14.8. The second kappa shape index (κ2) is 5.50. The Morgan fingerprint density at radius 1 is 1.26 bits per heavy atom. The number of nitrogens with zero attached hydrogens (tertiary/aromatic N) is 5. The summed E-state index contributed by atoms with van der Waals surface area (Å²) in [5.74, 6) is 0.594. The van der Waals surface area contributed by atoms with E-state index in [4.69, 9.17) is 0 Å². The maximum absolute atomic E-state index is 12.8. The number of guanidine groups is 1. The third-order valence-electron chi connectivity index (χ3n) is 2.36. The summed E-state index contributed by atoms with van der Waals surface area (Å²) >= 11 is 0. The summed E-state index contributed by atoms with van der Waals surface area (Å²) in [6, 6.07) is 0. The van der Waals surface area contributed by atoms with Crippen LogP contribution in [0.4, 0.5) is 13.2 Å². The molecule has 5 nitrogen and oxygen atoms in total. The van der Waals surface area contributed by atoms with Gasteiger partial charge in [0.1, 0.15) is 0 Å². The first-order valence-electron chi connectivity index (χ1n) is 5.61. The second-order valence-corrected chi connectivity index (χ2v) is 4.58. The number of rotatable bonds is 2. The molecule has 108 valence electrons. The zero-order valence-corrected chi connectivity index (χ0v) is 11.7. The van der Waals surface area contributed by atoms with Crippen LogP contribution in [0, 0.1) is 0 Å². The summed E-state index contributed by atoms with van der Waals surface area (Å²) in [5.41, 5.74) is -0.813. The molecule has 0 amide bonds. The van der Waals surface area contributed by atoms with Gasteiger partial charge in [-0.25, -0.2) is 4.99 Å². The van der Waals surface area contributed by atoms with Crippen LogP contribution in [0.2, 0.25) is 0 Å². The van der Waals surface area contributed by atoms with Crippen molar-refractivity contribution in [3.05, 3.63) is 17.5 Å². The van der Waals surface area contributed by atoms with Crippen LogP contribution in [0.15, 0.2) is 11.2 Å². The molecule has 0 saturated heterocycles. The Morgan fingerprint density at radius 2 is 1.79 bits per heavy atom. The molecule has 0 radical (unpaired) electrons. The van der Waals surface area contributed by atoms with Gasteiger partial charge in [-0.15, -0.1) is 0 Å². The summed E-state index contributed by atoms with van der Waals surface area (Å²) in [5, 5.41) is 3.44. The van der Waals surface area contributed by atoms with E-state index in [9.17, 15) is 13.2 Å². The van der Waals surface area contributed by atoms with Gasteiger partial charge >= 0.3 is 6.18 Å². The van der Waals surface area contributed by atoms with Crippen molar-refractivity contribution in [3.8, 4) is 0 Å². The molecule has 8 heteroatoms. The third-order valence-corrected chi connectivity index (χ3v) is 2.36. The van der Waals surface area contributed by atoms with Crippen LogP contribution in [0.25, 0.3) is 0 Å². The molecule has 1 aromatic rings. The lowest BCUT2D eigenvalue weighted by Crippen LogP contribution is -2.35. The van der Waals surface area contributed by atoms with E-state index in [1.807, 2.05) is 0 Å². The van der Waals surface area contributed by atoms with E-state index < -0.39 is 11.9 Å². The highest BCUT2D eigenvalue weighted by Crippen LogP contribution is 2.30. The SMILES string of the molecule is CN(C)C(=NCc1cn(C)nc1C(F)(F)F)N(C)C. The van der Waals surface area contributed by atoms with Crippen LogP contribution in [0.3, 0.4) is 0 Å². The number of hydrogen-bond donors (Lipinski definition) is 0. The van der Waals surface area contributed by atoms with E-state index in [0.717, 1.165) is 4.68 Å². The molecule has 0 aliphatic carbocycles. The predicted octanol–water partition coefficient (Wildman–Crippen LogP) is 1.42. The summed E-state index contributed by atoms with van der Waals surface area (Å²) in [4.78, 5) is 7.68. The van der Waals surface area contributed by atoms with Gasteiger partial charge in [-0.1, -0.05) is 0 Å². The van der Waals surface area contributed by atoms with Crippen LogP contribution in [0.5, 0.6) is 0 Å². The molecule has 19 heavy (non-hydrogen) atoms. The molecule has 0 aromatic carbocycles. The molecule has 0 unspecified atom stereocenters. The molecule has 1 rings (SSSR count). The number of hydrogen-bond acceptors (Lipinski definition) is 2. The van der Waals surface area contributed by atoms with Gasteiger partial charge in [-0.05, 0) is 0 Å². The van der Waals surface area contributed by atoms with Crippen molar-refractivity contribution in [1.82, 2.24) is 19.6 Å². The molecule has 0 aliphatic heterocycles. The van der Waals surface area contributed by atoms with Gasteiger partial charge in [0.05, 0.1) is 6.54 Å². The molecule has 0 bridgehead atoms. The van der Waals surface area contributed by atoms with Gasteiger partial charge in [-0.3, -0.25) is 4.68 Å². The fourth-order valence-electron chi connectivity index (χ4n) is 1.73. The topological polar surface area (TPSA) is 36.7 Å². The number of halogens is 3. The van der Waals surface area contributed by atoms with Gasteiger partial charge < -0.3 is 9.80 Å². The maximum atomic E-state index is 12.8. The van der Waals surface area contributed by atoms with Crippen LogP contribution < -0.4 is 0 Å². The van der Waals surface area contributed by atoms with Crippen LogP contribution in [-0.2, 0) is 19.8 Å². The number of alkyl halides is 3. The average Bonchev–Trinajstić information content (AvgIpc) is 2.58. The molecule has 0 fully saturated rings. The molecule has 0 N–H and O–H groups in total. The van der Waals surface area contributed by atoms with Gasteiger partial charge in [-0.2, -0.15) is 18.3 Å². The van der Waals surface area contributed by atoms with E-state index in [2.05, 4.69) is 10.1 Å². The molecule has 0 saturated carbocycles. The van der Waals surface area contributed by atoms with Crippen LogP contribution in [0.1, 0.15) is 11.3 Å². The molecular weight excluding hydrogens is 259 g/mol. The van der Waals surface area contributed by atoms with Crippen molar-refractivity contribution in [2.45, 2.75) is 12.7 Å². The van der Waals surface area contributed by atoms with E-state index in [1.54, 1.807) is 38.0 Å². The Balaban J connectivity index is 3.03. The fourth-order valence-corrected chi connectivity index (χ4v) is 1.73. The third kappa shape index (κ3) is 3.87. The minimum absolute atomic E-state index is 0.0611. The molecule has 0 spiro atoms. The Morgan fingerprint density at radius 3 is 2.21 bits per heavy atom. The highest BCUT2D eigenvalue weighted by atomic mass is 19.4. The van der Waals surface area contributed by atoms with Crippen molar-refractivity contribution >= 4 is 5.96 Å². The maximum Gasteiger partial charge on any atom is 0.435 e. The van der Waals surface area contributed by atoms with Crippen LogP contribution >= 0.6 is 0 Å². The first kappa shape index (κ1) is 15.3. The zero-order valence-electron chi connectivity index (χ0n) is 11.7. The van der Waals surface area contributed by atoms with E-state index in [-0.39, 0.29) is 12.1 Å². The number of aryl methyl sites for hydroxylation is 1. The highest BCUT2D eigenvalue weighted by molar-refractivity contribution is 5.79. The Bertz CT molecular complexity index is 449. The molecule has 1 aromatic heterocycles. The van der Waals surface area contributed by atoms with Gasteiger partial charge in [0, 0.05) is 47.0 Å². The molecule has 0 atom stereocenters. The lowest BCUT2D eigenvalue weighted by atomic mass is 10.2. The smallest absolute Gasteiger partial charge is 0.349 e. The predicted molar refractivity (Wildman–Crippen MR) is 66.7 cm³/mol. The number of aliphatic imine (C=N–C) groups is 1. The first-order valence-corrected chi connectivity index (χ1v) is 5.61. The highest BCUT2D eigenvalue weighted by Gasteiger charge is 2.36. The fraction of sp³-hybridized carbons (Fsp3) is 0.636. The quantitative estimate of drug-likeness (QED) is 0.606. The molecule has 1 heterocycles. The van der Waals surface area contributed by atoms with Gasteiger partial charge in [0.25, 0.3) is 0 Å². The monoisotopic (exact) mass is 277 g/mol. The minimum Gasteiger partial charge on any atom is -0.349 e. The van der Waals surface area contributed by atoms with E-state index in [1.165, 1.54) is 13.2 Å². The van der Waals surface area contributed by atoms with E-state index in [0.29, 0.717) is 5.96 Å². The van der Waals surface area contributed by atoms with Crippen molar-refractivity contribution in [2.75, 3.05) is 28.2 Å². The largest absolute Gasteiger partial charge is 0.435 e. The van der Waals surface area contributed by atoms with E-state index >= 15 is 0 Å². The van der Waals surface area contributed by atoms with Crippen LogP contribution in [-0.4, -0.2) is 53.7 Å². The summed E-state index contributed by atoms with van der Waals surface area (Å²) in [7, 11) is 8.60. The van der Waals surface area contributed by atoms with Crippen molar-refractivity contribution in [3.63, 3.8) is 0 Å². The minimum atomic E-state index is -4.46. The van der Waals surface area contributed by atoms with Crippen molar-refractivity contribution in [1.29, 1.82) is 0 Å². The molecular formula is C11H18F3N5. The van der Waals surface area contributed by atoms with Gasteiger partial charge in [0.2, 0.25) is 0 Å².